The van der Waals surface area contributed by atoms with Crippen LogP contribution >= 0.6 is 0 Å². The standard InChI is InChI=1S/C25H46O4/c1-3-5-6-7-8-9-10-11-12-13-14-15-16-17-18-19-20-23(4-2)29-25(28)22-21-24(26)27/h21-23H,3-20H2,1-2H3,(H,26,27)/b22-21+. The second-order valence-electron chi connectivity index (χ2n) is 8.23. The fourth-order valence-electron chi connectivity index (χ4n) is 3.61. The number of hydrogen-bond acceptors (Lipinski definition) is 3. The van der Waals surface area contributed by atoms with Crippen LogP contribution in [0.3, 0.4) is 0 Å². The molecule has 0 aliphatic heterocycles. The molecule has 0 aromatic heterocycles. The van der Waals surface area contributed by atoms with Gasteiger partial charge in [0.2, 0.25) is 0 Å². The zero-order valence-corrected chi connectivity index (χ0v) is 19.1. The quantitative estimate of drug-likeness (QED) is 0.120. The van der Waals surface area contributed by atoms with E-state index in [4.69, 9.17) is 9.84 Å². The lowest BCUT2D eigenvalue weighted by Crippen LogP contribution is -2.16. The summed E-state index contributed by atoms with van der Waals surface area (Å²) in [5.41, 5.74) is 0. The van der Waals surface area contributed by atoms with Crippen LogP contribution in [-0.4, -0.2) is 23.1 Å². The van der Waals surface area contributed by atoms with Crippen LogP contribution in [0, 0.1) is 0 Å². The average molecular weight is 411 g/mol. The molecule has 0 aliphatic carbocycles. The molecule has 1 N–H and O–H groups in total. The van der Waals surface area contributed by atoms with Crippen LogP contribution in [0.15, 0.2) is 12.2 Å². The maximum atomic E-state index is 11.5. The second-order valence-corrected chi connectivity index (χ2v) is 8.23. The first-order valence-corrected chi connectivity index (χ1v) is 12.2. The molecule has 0 saturated heterocycles. The van der Waals surface area contributed by atoms with E-state index < -0.39 is 11.9 Å². The molecule has 0 rings (SSSR count). The highest BCUT2D eigenvalue weighted by Gasteiger charge is 2.10. The monoisotopic (exact) mass is 410 g/mol. The van der Waals surface area contributed by atoms with Crippen molar-refractivity contribution in [3.05, 3.63) is 12.2 Å². The summed E-state index contributed by atoms with van der Waals surface area (Å²) >= 11 is 0. The van der Waals surface area contributed by atoms with Crippen LogP contribution in [0.4, 0.5) is 0 Å². The van der Waals surface area contributed by atoms with E-state index >= 15 is 0 Å². The van der Waals surface area contributed by atoms with Crippen molar-refractivity contribution < 1.29 is 19.4 Å². The Balaban J connectivity index is 3.39. The van der Waals surface area contributed by atoms with E-state index in [0.717, 1.165) is 31.4 Å². The van der Waals surface area contributed by atoms with Gasteiger partial charge in [0.25, 0.3) is 0 Å². The van der Waals surface area contributed by atoms with Crippen molar-refractivity contribution in [3.63, 3.8) is 0 Å². The molecule has 29 heavy (non-hydrogen) atoms. The lowest BCUT2D eigenvalue weighted by molar-refractivity contribution is -0.144. The first-order chi connectivity index (χ1) is 14.1. The molecule has 4 heteroatoms. The molecule has 1 atom stereocenters. The van der Waals surface area contributed by atoms with Crippen molar-refractivity contribution in [1.29, 1.82) is 0 Å². The predicted molar refractivity (Wildman–Crippen MR) is 121 cm³/mol. The fraction of sp³-hybridized carbons (Fsp3) is 0.840. The molecule has 0 aromatic carbocycles. The number of carbonyl (C=O) groups is 2. The summed E-state index contributed by atoms with van der Waals surface area (Å²) in [6.07, 6.45) is 24.9. The van der Waals surface area contributed by atoms with Crippen LogP contribution in [0.1, 0.15) is 129 Å². The van der Waals surface area contributed by atoms with Crippen LogP contribution < -0.4 is 0 Å². The molecule has 0 spiro atoms. The van der Waals surface area contributed by atoms with E-state index in [9.17, 15) is 9.59 Å². The van der Waals surface area contributed by atoms with Gasteiger partial charge in [0.1, 0.15) is 6.10 Å². The SMILES string of the molecule is CCCCCCCCCCCCCCCCCCC(CC)OC(=O)/C=C/C(=O)O. The van der Waals surface area contributed by atoms with Gasteiger partial charge in [0.15, 0.2) is 0 Å². The van der Waals surface area contributed by atoms with Crippen LogP contribution in [0.2, 0.25) is 0 Å². The van der Waals surface area contributed by atoms with Gasteiger partial charge in [-0.25, -0.2) is 9.59 Å². The molecule has 0 amide bonds. The van der Waals surface area contributed by atoms with Crippen molar-refractivity contribution in [2.75, 3.05) is 0 Å². The van der Waals surface area contributed by atoms with Crippen LogP contribution in [0.5, 0.6) is 0 Å². The Morgan fingerprint density at radius 3 is 1.48 bits per heavy atom. The minimum absolute atomic E-state index is 0.104. The molecule has 0 fully saturated rings. The molecular formula is C25H46O4. The third kappa shape index (κ3) is 21.2. The summed E-state index contributed by atoms with van der Waals surface area (Å²) < 4.78 is 5.29. The van der Waals surface area contributed by atoms with Crippen molar-refractivity contribution in [2.45, 2.75) is 136 Å². The van der Waals surface area contributed by atoms with Gasteiger partial charge < -0.3 is 9.84 Å². The molecule has 0 aliphatic rings. The summed E-state index contributed by atoms with van der Waals surface area (Å²) in [6.45, 7) is 4.26. The first kappa shape index (κ1) is 27.7. The zero-order valence-electron chi connectivity index (χ0n) is 19.1. The third-order valence-corrected chi connectivity index (χ3v) is 5.48. The van der Waals surface area contributed by atoms with Crippen molar-refractivity contribution in [1.82, 2.24) is 0 Å². The average Bonchev–Trinajstić information content (AvgIpc) is 2.71. The van der Waals surface area contributed by atoms with Gasteiger partial charge in [-0.05, 0) is 19.3 Å². The number of carbonyl (C=O) groups excluding carboxylic acids is 1. The predicted octanol–water partition coefficient (Wildman–Crippen LogP) is 7.60. The Kier molecular flexibility index (Phi) is 20.4. The highest BCUT2D eigenvalue weighted by atomic mass is 16.5. The summed E-state index contributed by atoms with van der Waals surface area (Å²) in [4.78, 5) is 21.9. The minimum Gasteiger partial charge on any atom is -0.478 e. The molecule has 0 bridgehead atoms. The molecule has 0 heterocycles. The van der Waals surface area contributed by atoms with Crippen LogP contribution in [-0.2, 0) is 14.3 Å². The lowest BCUT2D eigenvalue weighted by Gasteiger charge is -2.14. The number of aliphatic carboxylic acids is 1. The minimum atomic E-state index is -1.13. The van der Waals surface area contributed by atoms with Crippen molar-refractivity contribution >= 4 is 11.9 Å². The zero-order chi connectivity index (χ0) is 21.6. The summed E-state index contributed by atoms with van der Waals surface area (Å²) in [5, 5.41) is 8.52. The van der Waals surface area contributed by atoms with E-state index in [1.54, 1.807) is 0 Å². The number of unbranched alkanes of at least 4 members (excludes halogenated alkanes) is 15. The molecule has 0 radical (unpaired) electrons. The number of carboxylic acids is 1. The number of esters is 1. The van der Waals surface area contributed by atoms with Gasteiger partial charge in [0.05, 0.1) is 0 Å². The van der Waals surface area contributed by atoms with E-state index in [-0.39, 0.29) is 6.10 Å². The smallest absolute Gasteiger partial charge is 0.331 e. The lowest BCUT2D eigenvalue weighted by atomic mass is 10.0. The van der Waals surface area contributed by atoms with Gasteiger partial charge in [-0.3, -0.25) is 0 Å². The first-order valence-electron chi connectivity index (χ1n) is 12.2. The maximum Gasteiger partial charge on any atom is 0.331 e. The molecule has 1 unspecified atom stereocenters. The van der Waals surface area contributed by atoms with Gasteiger partial charge in [-0.2, -0.15) is 0 Å². The van der Waals surface area contributed by atoms with E-state index in [1.807, 2.05) is 6.92 Å². The third-order valence-electron chi connectivity index (χ3n) is 5.48. The number of rotatable bonds is 21. The Labute approximate surface area is 179 Å². The van der Waals surface area contributed by atoms with Crippen molar-refractivity contribution in [2.24, 2.45) is 0 Å². The summed E-state index contributed by atoms with van der Waals surface area (Å²) in [7, 11) is 0. The highest BCUT2D eigenvalue weighted by molar-refractivity contribution is 5.90. The van der Waals surface area contributed by atoms with Crippen LogP contribution in [0.25, 0.3) is 0 Å². The van der Waals surface area contributed by atoms with Gasteiger partial charge >= 0.3 is 11.9 Å². The van der Waals surface area contributed by atoms with Gasteiger partial charge in [-0.15, -0.1) is 0 Å². The Hall–Kier alpha value is -1.32. The normalized spacial score (nSPS) is 12.3. The molecule has 0 saturated carbocycles. The highest BCUT2D eigenvalue weighted by Crippen LogP contribution is 2.15. The maximum absolute atomic E-state index is 11.5. The molecular weight excluding hydrogens is 364 g/mol. The van der Waals surface area contributed by atoms with Crippen molar-refractivity contribution in [3.8, 4) is 0 Å². The van der Waals surface area contributed by atoms with E-state index in [2.05, 4.69) is 6.92 Å². The number of carboxylic acid groups (broad SMARTS) is 1. The number of ether oxygens (including phenoxy) is 1. The number of hydrogen-bond donors (Lipinski definition) is 1. The Bertz CT molecular complexity index is 417. The van der Waals surface area contributed by atoms with Gasteiger partial charge in [-0.1, -0.05) is 110 Å². The van der Waals surface area contributed by atoms with Gasteiger partial charge in [0, 0.05) is 12.2 Å². The molecule has 170 valence electrons. The Morgan fingerprint density at radius 1 is 0.690 bits per heavy atom. The topological polar surface area (TPSA) is 63.6 Å². The largest absolute Gasteiger partial charge is 0.478 e. The van der Waals surface area contributed by atoms with E-state index in [0.29, 0.717) is 0 Å². The Morgan fingerprint density at radius 2 is 1.10 bits per heavy atom. The molecule has 0 aromatic rings. The molecule has 4 nitrogen and oxygen atoms in total. The summed E-state index contributed by atoms with van der Waals surface area (Å²) in [6, 6.07) is 0. The fourth-order valence-corrected chi connectivity index (χ4v) is 3.61. The second kappa shape index (κ2) is 21.4. The van der Waals surface area contributed by atoms with E-state index in [1.165, 1.54) is 96.3 Å². The summed E-state index contributed by atoms with van der Waals surface area (Å²) in [5.74, 6) is -1.69.